The number of nitrogens with one attached hydrogen (secondary N) is 1. The van der Waals surface area contributed by atoms with Crippen LogP contribution in [0.5, 0.6) is 0 Å². The fourth-order valence-electron chi connectivity index (χ4n) is 2.50. The van der Waals surface area contributed by atoms with Crippen molar-refractivity contribution in [2.45, 2.75) is 31.9 Å². The van der Waals surface area contributed by atoms with Crippen LogP contribution < -0.4 is 5.32 Å². The number of nitrogens with zero attached hydrogens (tertiary/aromatic N) is 1. The Morgan fingerprint density at radius 3 is 2.87 bits per heavy atom. The molecule has 1 heterocycles. The molecule has 0 radical (unpaired) electrons. The summed E-state index contributed by atoms with van der Waals surface area (Å²) in [5.74, 6) is -0.863. The molecule has 1 aromatic rings. The van der Waals surface area contributed by atoms with Gasteiger partial charge < -0.3 is 20.1 Å². The first kappa shape index (κ1) is 17.6. The Morgan fingerprint density at radius 2 is 2.17 bits per heavy atom. The number of aliphatic carboxylic acids is 1. The van der Waals surface area contributed by atoms with E-state index in [1.165, 1.54) is 0 Å². The number of morpholine rings is 1. The van der Waals surface area contributed by atoms with Crippen LogP contribution in [0.4, 0.5) is 4.79 Å². The number of halogens is 1. The molecule has 23 heavy (non-hydrogen) atoms. The minimum Gasteiger partial charge on any atom is -0.481 e. The van der Waals surface area contributed by atoms with Crippen LogP contribution in [0.25, 0.3) is 0 Å². The Morgan fingerprint density at radius 1 is 1.43 bits per heavy atom. The van der Waals surface area contributed by atoms with E-state index in [1.807, 2.05) is 25.1 Å². The van der Waals surface area contributed by atoms with Gasteiger partial charge in [-0.3, -0.25) is 4.79 Å². The van der Waals surface area contributed by atoms with Crippen LogP contribution in [0, 0.1) is 0 Å². The van der Waals surface area contributed by atoms with Crippen LogP contribution in [0.2, 0.25) is 5.02 Å². The standard InChI is InChI=1S/C16H21ClN2O4/c1-11-10-23-14(12-5-2-3-6-13(12)17)9-19(11)16(22)18-8-4-7-15(20)21/h2-3,5-6,11,14H,4,7-10H2,1H3,(H,18,22)(H,20,21). The maximum Gasteiger partial charge on any atom is 0.317 e. The van der Waals surface area contributed by atoms with Crippen molar-refractivity contribution in [1.82, 2.24) is 10.2 Å². The van der Waals surface area contributed by atoms with Crippen LogP contribution in [-0.4, -0.2) is 47.7 Å². The lowest BCUT2D eigenvalue weighted by Gasteiger charge is -2.38. The van der Waals surface area contributed by atoms with E-state index in [0.29, 0.717) is 31.1 Å². The normalized spacial score (nSPS) is 21.0. The van der Waals surface area contributed by atoms with E-state index in [-0.39, 0.29) is 24.6 Å². The first-order chi connectivity index (χ1) is 11.0. The van der Waals surface area contributed by atoms with Gasteiger partial charge >= 0.3 is 12.0 Å². The van der Waals surface area contributed by atoms with Gasteiger partial charge in [0.1, 0.15) is 6.10 Å². The molecule has 0 bridgehead atoms. The fraction of sp³-hybridized carbons (Fsp3) is 0.500. The number of carbonyl (C=O) groups excluding carboxylic acids is 1. The van der Waals surface area contributed by atoms with Crippen molar-refractivity contribution < 1.29 is 19.4 Å². The van der Waals surface area contributed by atoms with Crippen LogP contribution in [0.15, 0.2) is 24.3 Å². The van der Waals surface area contributed by atoms with Crippen LogP contribution in [-0.2, 0) is 9.53 Å². The van der Waals surface area contributed by atoms with Gasteiger partial charge in [0.25, 0.3) is 0 Å². The van der Waals surface area contributed by atoms with Crippen molar-refractivity contribution in [3.63, 3.8) is 0 Å². The molecular formula is C16H21ClN2O4. The molecule has 2 N–H and O–H groups in total. The Bertz CT molecular complexity index is 567. The second kappa shape index (κ2) is 8.17. The molecular weight excluding hydrogens is 320 g/mol. The fourth-order valence-corrected chi connectivity index (χ4v) is 2.76. The number of urea groups is 1. The number of hydrogen-bond donors (Lipinski definition) is 2. The number of rotatable bonds is 5. The Hall–Kier alpha value is -1.79. The summed E-state index contributed by atoms with van der Waals surface area (Å²) in [4.78, 5) is 24.5. The molecule has 2 amide bonds. The maximum atomic E-state index is 12.3. The lowest BCUT2D eigenvalue weighted by atomic mass is 10.1. The zero-order valence-corrected chi connectivity index (χ0v) is 13.8. The number of amides is 2. The van der Waals surface area contributed by atoms with Crippen molar-refractivity contribution in [2.75, 3.05) is 19.7 Å². The Balaban J connectivity index is 1.94. The van der Waals surface area contributed by atoms with Gasteiger partial charge in [-0.2, -0.15) is 0 Å². The Kier molecular flexibility index (Phi) is 6.24. The molecule has 1 saturated heterocycles. The number of carboxylic acid groups (broad SMARTS) is 1. The van der Waals surface area contributed by atoms with E-state index in [1.54, 1.807) is 11.0 Å². The number of hydrogen-bond acceptors (Lipinski definition) is 3. The second-order valence-corrected chi connectivity index (χ2v) is 5.98. The first-order valence-electron chi connectivity index (χ1n) is 7.61. The van der Waals surface area contributed by atoms with Crippen molar-refractivity contribution in [3.8, 4) is 0 Å². The van der Waals surface area contributed by atoms with Gasteiger partial charge in [0.05, 0.1) is 19.2 Å². The van der Waals surface area contributed by atoms with E-state index in [0.717, 1.165) is 5.56 Å². The molecule has 0 saturated carbocycles. The summed E-state index contributed by atoms with van der Waals surface area (Å²) in [6.07, 6.45) is 0.194. The largest absolute Gasteiger partial charge is 0.481 e. The topological polar surface area (TPSA) is 78.9 Å². The summed E-state index contributed by atoms with van der Waals surface area (Å²) in [5, 5.41) is 12.0. The van der Waals surface area contributed by atoms with Crippen molar-refractivity contribution in [3.05, 3.63) is 34.9 Å². The van der Waals surface area contributed by atoms with E-state index in [2.05, 4.69) is 5.32 Å². The van der Waals surface area contributed by atoms with Crippen molar-refractivity contribution in [2.24, 2.45) is 0 Å². The summed E-state index contributed by atoms with van der Waals surface area (Å²) in [6, 6.07) is 7.18. The Labute approximate surface area is 140 Å². The highest BCUT2D eigenvalue weighted by atomic mass is 35.5. The van der Waals surface area contributed by atoms with E-state index in [4.69, 9.17) is 21.4 Å². The molecule has 0 aliphatic carbocycles. The minimum absolute atomic E-state index is 0.0429. The molecule has 126 valence electrons. The molecule has 7 heteroatoms. The molecule has 6 nitrogen and oxygen atoms in total. The van der Waals surface area contributed by atoms with Crippen LogP contribution in [0.1, 0.15) is 31.4 Å². The van der Waals surface area contributed by atoms with Crippen molar-refractivity contribution >= 4 is 23.6 Å². The molecule has 1 aliphatic rings. The summed E-state index contributed by atoms with van der Waals surface area (Å²) >= 11 is 6.20. The molecule has 2 rings (SSSR count). The third kappa shape index (κ3) is 4.84. The predicted molar refractivity (Wildman–Crippen MR) is 86.6 cm³/mol. The van der Waals surface area contributed by atoms with Gasteiger partial charge in [-0.25, -0.2) is 4.79 Å². The van der Waals surface area contributed by atoms with Crippen molar-refractivity contribution in [1.29, 1.82) is 0 Å². The summed E-state index contributed by atoms with van der Waals surface area (Å²) in [6.45, 7) is 3.10. The first-order valence-corrected chi connectivity index (χ1v) is 7.99. The third-order valence-corrected chi connectivity index (χ3v) is 4.13. The average Bonchev–Trinajstić information content (AvgIpc) is 2.52. The molecule has 1 aliphatic heterocycles. The molecule has 1 fully saturated rings. The maximum absolute atomic E-state index is 12.3. The van der Waals surface area contributed by atoms with Gasteiger partial charge in [-0.05, 0) is 19.4 Å². The minimum atomic E-state index is -0.863. The highest BCUT2D eigenvalue weighted by Crippen LogP contribution is 2.29. The second-order valence-electron chi connectivity index (χ2n) is 5.57. The van der Waals surface area contributed by atoms with E-state index >= 15 is 0 Å². The number of carbonyl (C=O) groups is 2. The molecule has 0 spiro atoms. The lowest BCUT2D eigenvalue weighted by Crippen LogP contribution is -2.52. The van der Waals surface area contributed by atoms with E-state index < -0.39 is 5.97 Å². The van der Waals surface area contributed by atoms with Gasteiger partial charge in [-0.15, -0.1) is 0 Å². The predicted octanol–water partition coefficient (Wildman–Crippen LogP) is 2.68. The summed E-state index contributed by atoms with van der Waals surface area (Å²) in [7, 11) is 0. The zero-order valence-electron chi connectivity index (χ0n) is 13.0. The van der Waals surface area contributed by atoms with Crippen LogP contribution in [0.3, 0.4) is 0 Å². The summed E-state index contributed by atoms with van der Waals surface area (Å²) in [5.41, 5.74) is 0.866. The summed E-state index contributed by atoms with van der Waals surface area (Å²) < 4.78 is 5.81. The van der Waals surface area contributed by atoms with Crippen LogP contribution >= 0.6 is 11.6 Å². The lowest BCUT2D eigenvalue weighted by molar-refractivity contribution is -0.137. The SMILES string of the molecule is CC1COC(c2ccccc2Cl)CN1C(=O)NCCCC(=O)O. The van der Waals surface area contributed by atoms with Gasteiger partial charge in [0.15, 0.2) is 0 Å². The number of carboxylic acids is 1. The van der Waals surface area contributed by atoms with E-state index in [9.17, 15) is 9.59 Å². The molecule has 2 atom stereocenters. The smallest absolute Gasteiger partial charge is 0.317 e. The van der Waals surface area contributed by atoms with Gasteiger partial charge in [0.2, 0.25) is 0 Å². The number of ether oxygens (including phenoxy) is 1. The number of benzene rings is 1. The quantitative estimate of drug-likeness (QED) is 0.808. The molecule has 2 unspecified atom stereocenters. The van der Waals surface area contributed by atoms with Gasteiger partial charge in [-0.1, -0.05) is 29.8 Å². The highest BCUT2D eigenvalue weighted by molar-refractivity contribution is 6.31. The molecule has 0 aromatic heterocycles. The average molecular weight is 341 g/mol. The third-order valence-electron chi connectivity index (χ3n) is 3.79. The zero-order chi connectivity index (χ0) is 16.8. The van der Waals surface area contributed by atoms with Gasteiger partial charge in [0, 0.05) is 23.6 Å². The highest BCUT2D eigenvalue weighted by Gasteiger charge is 2.31. The molecule has 1 aromatic carbocycles. The monoisotopic (exact) mass is 340 g/mol.